The minimum absolute atomic E-state index is 0.173. The molecule has 1 aliphatic carbocycles. The molecule has 1 fully saturated rings. The van der Waals surface area contributed by atoms with E-state index in [9.17, 15) is 10.1 Å². The number of amides is 1. The average Bonchev–Trinajstić information content (AvgIpc) is 2.96. The Bertz CT molecular complexity index is 953. The summed E-state index contributed by atoms with van der Waals surface area (Å²) in [6, 6.07) is 10.6. The van der Waals surface area contributed by atoms with Crippen LogP contribution in [0.25, 0.3) is 11.8 Å². The van der Waals surface area contributed by atoms with Crippen LogP contribution in [0.5, 0.6) is 0 Å². The first-order valence-corrected chi connectivity index (χ1v) is 10.1. The third-order valence-corrected chi connectivity index (χ3v) is 5.89. The summed E-state index contributed by atoms with van der Waals surface area (Å²) in [6.45, 7) is 8.32. The van der Waals surface area contributed by atoms with Crippen molar-refractivity contribution in [3.63, 3.8) is 0 Å². The number of benzene rings is 1. The van der Waals surface area contributed by atoms with Crippen molar-refractivity contribution < 1.29 is 4.79 Å². The molecule has 0 saturated heterocycles. The Kier molecular flexibility index (Phi) is 6.04. The fourth-order valence-corrected chi connectivity index (χ4v) is 4.10. The first-order valence-electron chi connectivity index (χ1n) is 10.1. The van der Waals surface area contributed by atoms with E-state index < -0.39 is 0 Å². The number of aryl methyl sites for hydroxylation is 2. The summed E-state index contributed by atoms with van der Waals surface area (Å²) in [4.78, 5) is 12.6. The predicted molar refractivity (Wildman–Crippen MR) is 113 cm³/mol. The number of hydrogen-bond acceptors (Lipinski definition) is 2. The number of nitrogens with one attached hydrogen (secondary N) is 1. The summed E-state index contributed by atoms with van der Waals surface area (Å²) in [7, 11) is 0. The maximum Gasteiger partial charge on any atom is 0.262 e. The second-order valence-electron chi connectivity index (χ2n) is 7.86. The van der Waals surface area contributed by atoms with Crippen molar-refractivity contribution in [2.75, 3.05) is 0 Å². The normalized spacial score (nSPS) is 15.3. The minimum atomic E-state index is -0.258. The lowest BCUT2D eigenvalue weighted by Crippen LogP contribution is -2.36. The topological polar surface area (TPSA) is 57.8 Å². The molecule has 4 heteroatoms. The standard InChI is InChI=1S/C24H29N3O/c1-16-9-8-12-23(18(16)3)27-17(2)13-20(19(27)4)14-21(15-25)24(28)26-22-10-6-5-7-11-22/h8-9,12-14,22H,5-7,10-11H2,1-4H3,(H,26,28)/b21-14+. The van der Waals surface area contributed by atoms with Crippen molar-refractivity contribution in [2.24, 2.45) is 0 Å². The Morgan fingerprint density at radius 3 is 2.57 bits per heavy atom. The molecule has 3 rings (SSSR count). The van der Waals surface area contributed by atoms with Crippen LogP contribution in [0, 0.1) is 39.0 Å². The van der Waals surface area contributed by atoms with Gasteiger partial charge in [0.1, 0.15) is 11.6 Å². The van der Waals surface area contributed by atoms with Crippen LogP contribution in [0.2, 0.25) is 0 Å². The van der Waals surface area contributed by atoms with Crippen LogP contribution < -0.4 is 5.32 Å². The number of hydrogen-bond donors (Lipinski definition) is 1. The molecule has 1 aromatic carbocycles. The van der Waals surface area contributed by atoms with Crippen molar-refractivity contribution in [3.8, 4) is 11.8 Å². The van der Waals surface area contributed by atoms with Gasteiger partial charge < -0.3 is 9.88 Å². The molecule has 146 valence electrons. The molecule has 1 amide bonds. The molecule has 0 unspecified atom stereocenters. The van der Waals surface area contributed by atoms with E-state index in [4.69, 9.17) is 0 Å². The Labute approximate surface area is 167 Å². The van der Waals surface area contributed by atoms with Gasteiger partial charge in [-0.15, -0.1) is 0 Å². The second kappa shape index (κ2) is 8.48. The van der Waals surface area contributed by atoms with Gasteiger partial charge in [0.25, 0.3) is 5.91 Å². The van der Waals surface area contributed by atoms with Gasteiger partial charge in [0.15, 0.2) is 0 Å². The Morgan fingerprint density at radius 1 is 1.18 bits per heavy atom. The number of carbonyl (C=O) groups is 1. The maximum absolute atomic E-state index is 12.6. The van der Waals surface area contributed by atoms with Gasteiger partial charge in [-0.2, -0.15) is 5.26 Å². The molecule has 1 aliphatic rings. The monoisotopic (exact) mass is 375 g/mol. The van der Waals surface area contributed by atoms with E-state index in [0.29, 0.717) is 0 Å². The molecule has 2 aromatic rings. The van der Waals surface area contributed by atoms with Crippen LogP contribution in [0.4, 0.5) is 0 Å². The first kappa shape index (κ1) is 19.9. The fourth-order valence-electron chi connectivity index (χ4n) is 4.10. The number of nitrogens with zero attached hydrogens (tertiary/aromatic N) is 2. The van der Waals surface area contributed by atoms with Crippen LogP contribution in [-0.4, -0.2) is 16.5 Å². The van der Waals surface area contributed by atoms with Gasteiger partial charge in [-0.05, 0) is 75.4 Å². The van der Waals surface area contributed by atoms with Crippen molar-refractivity contribution in [2.45, 2.75) is 65.8 Å². The highest BCUT2D eigenvalue weighted by atomic mass is 16.1. The van der Waals surface area contributed by atoms with Crippen molar-refractivity contribution in [1.29, 1.82) is 5.26 Å². The fraction of sp³-hybridized carbons (Fsp3) is 0.417. The highest BCUT2D eigenvalue weighted by Gasteiger charge is 2.19. The molecule has 1 saturated carbocycles. The predicted octanol–water partition coefficient (Wildman–Crippen LogP) is 5.07. The zero-order chi connectivity index (χ0) is 20.3. The Morgan fingerprint density at radius 2 is 1.89 bits per heavy atom. The van der Waals surface area contributed by atoms with Crippen LogP contribution in [-0.2, 0) is 4.79 Å². The lowest BCUT2D eigenvalue weighted by Gasteiger charge is -2.22. The summed E-state index contributed by atoms with van der Waals surface area (Å²) in [5, 5.41) is 12.6. The van der Waals surface area contributed by atoms with E-state index in [1.54, 1.807) is 6.08 Å². The smallest absolute Gasteiger partial charge is 0.262 e. The molecular formula is C24H29N3O. The van der Waals surface area contributed by atoms with Crippen LogP contribution >= 0.6 is 0 Å². The van der Waals surface area contributed by atoms with Crippen LogP contribution in [0.15, 0.2) is 29.8 Å². The molecule has 0 atom stereocenters. The van der Waals surface area contributed by atoms with E-state index >= 15 is 0 Å². The van der Waals surface area contributed by atoms with E-state index in [1.165, 1.54) is 17.5 Å². The van der Waals surface area contributed by atoms with Gasteiger partial charge in [0.05, 0.1) is 0 Å². The summed E-state index contributed by atoms with van der Waals surface area (Å²) in [5.74, 6) is -0.258. The Balaban J connectivity index is 1.91. The number of nitriles is 1. The summed E-state index contributed by atoms with van der Waals surface area (Å²) in [5.41, 5.74) is 6.81. The molecule has 0 aliphatic heterocycles. The molecule has 1 N–H and O–H groups in total. The third kappa shape index (κ3) is 4.04. The van der Waals surface area contributed by atoms with E-state index in [-0.39, 0.29) is 17.5 Å². The lowest BCUT2D eigenvalue weighted by atomic mass is 9.95. The summed E-state index contributed by atoms with van der Waals surface area (Å²) in [6.07, 6.45) is 7.26. The van der Waals surface area contributed by atoms with Gasteiger partial charge in [-0.25, -0.2) is 0 Å². The zero-order valence-electron chi connectivity index (χ0n) is 17.3. The van der Waals surface area contributed by atoms with Crippen molar-refractivity contribution >= 4 is 12.0 Å². The van der Waals surface area contributed by atoms with Gasteiger partial charge >= 0.3 is 0 Å². The summed E-state index contributed by atoms with van der Waals surface area (Å²) < 4.78 is 2.20. The lowest BCUT2D eigenvalue weighted by molar-refractivity contribution is -0.117. The molecule has 4 nitrogen and oxygen atoms in total. The number of aromatic nitrogens is 1. The first-order chi connectivity index (χ1) is 13.4. The third-order valence-electron chi connectivity index (χ3n) is 5.89. The Hall–Kier alpha value is -2.80. The SMILES string of the molecule is Cc1cccc(-n2c(C)cc(/C=C(\C#N)C(=O)NC3CCCCC3)c2C)c1C. The second-order valence-corrected chi connectivity index (χ2v) is 7.86. The molecule has 1 heterocycles. The molecule has 28 heavy (non-hydrogen) atoms. The van der Waals surface area contributed by atoms with E-state index in [1.807, 2.05) is 13.0 Å². The van der Waals surface area contributed by atoms with Gasteiger partial charge in [-0.1, -0.05) is 31.4 Å². The largest absolute Gasteiger partial charge is 0.349 e. The molecule has 0 spiro atoms. The highest BCUT2D eigenvalue weighted by Crippen LogP contribution is 2.26. The highest BCUT2D eigenvalue weighted by molar-refractivity contribution is 6.02. The minimum Gasteiger partial charge on any atom is -0.349 e. The molecular weight excluding hydrogens is 346 g/mol. The molecule has 0 radical (unpaired) electrons. The maximum atomic E-state index is 12.6. The zero-order valence-corrected chi connectivity index (χ0v) is 17.3. The van der Waals surface area contributed by atoms with Crippen LogP contribution in [0.1, 0.15) is 60.2 Å². The molecule has 0 bridgehead atoms. The van der Waals surface area contributed by atoms with E-state index in [0.717, 1.165) is 48.3 Å². The van der Waals surface area contributed by atoms with Crippen molar-refractivity contribution in [3.05, 3.63) is 57.9 Å². The summed E-state index contributed by atoms with van der Waals surface area (Å²) >= 11 is 0. The van der Waals surface area contributed by atoms with Crippen LogP contribution in [0.3, 0.4) is 0 Å². The van der Waals surface area contributed by atoms with Gasteiger partial charge in [-0.3, -0.25) is 4.79 Å². The number of rotatable bonds is 4. The number of carbonyl (C=O) groups excluding carboxylic acids is 1. The van der Waals surface area contributed by atoms with E-state index in [2.05, 4.69) is 54.9 Å². The van der Waals surface area contributed by atoms with Gasteiger partial charge in [0.2, 0.25) is 0 Å². The van der Waals surface area contributed by atoms with Gasteiger partial charge in [0, 0.05) is 23.1 Å². The quantitative estimate of drug-likeness (QED) is 0.599. The average molecular weight is 376 g/mol. The van der Waals surface area contributed by atoms with Crippen molar-refractivity contribution in [1.82, 2.24) is 9.88 Å². The molecule has 1 aromatic heterocycles.